The van der Waals surface area contributed by atoms with Gasteiger partial charge in [0.25, 0.3) is 0 Å². The molecule has 0 atom stereocenters. The molecular weight excluding hydrogens is 1730 g/mol. The molecule has 0 spiro atoms. The minimum absolute atomic E-state index is 0.0796. The van der Waals surface area contributed by atoms with E-state index in [1.54, 1.807) is 95.6 Å². The number of nitrogens with zero attached hydrogens (tertiary/aromatic N) is 12. The normalized spacial score (nSPS) is 11.6. The molecular formula is C113H88N12O5S4. The quantitative estimate of drug-likeness (QED) is 0.0461. The number of hydrogen-bond donors (Lipinski definition) is 4. The molecule has 4 aromatic heterocycles. The number of aromatic nitrogens is 12. The summed E-state index contributed by atoms with van der Waals surface area (Å²) in [6.07, 6.45) is 0. The summed E-state index contributed by atoms with van der Waals surface area (Å²) in [4.78, 5) is 57.4. The fourth-order valence-corrected chi connectivity index (χ4v) is 20.1. The SMILES string of the molecule is CC(C)Sc1nc(-c2ccccc2O)nc(-c2cc3c4ccccc4ccc3c3ccccc23)n1.CC(C)Sc1nc(-c2ccccc2O)nc(-c2cc3ccccc3c3ccccc23)n1.CC(C)Sc1nc(-c2ccccc2O)nc(-c2ccc3ccc4cccc5ccc2c3c45)n1.CCOc1ccc(-c2nc(SCC)nc(-c3ccc4ccc5cccc6ccc3c4c56)n2)c(O)c1. The van der Waals surface area contributed by atoms with Crippen LogP contribution in [0.5, 0.6) is 28.7 Å². The van der Waals surface area contributed by atoms with Crippen molar-refractivity contribution in [1.82, 2.24) is 59.8 Å². The van der Waals surface area contributed by atoms with E-state index in [0.29, 0.717) is 118 Å². The van der Waals surface area contributed by atoms with Gasteiger partial charge in [0.15, 0.2) is 67.2 Å². The number of ether oxygens (including phenoxy) is 1. The monoisotopic (exact) mass is 1820 g/mol. The number of aromatic hydroxyl groups is 4. The predicted octanol–water partition coefficient (Wildman–Crippen LogP) is 29.2. The summed E-state index contributed by atoms with van der Waals surface area (Å²) in [6.45, 7) is 17.2. The average molecular weight is 1820 g/mol. The molecule has 0 aliphatic carbocycles. The maximum atomic E-state index is 10.7. The molecule has 0 aliphatic rings. The molecule has 0 saturated carbocycles. The van der Waals surface area contributed by atoms with Crippen LogP contribution in [0.1, 0.15) is 55.4 Å². The number of para-hydroxylation sites is 3. The Kier molecular flexibility index (Phi) is 24.5. The van der Waals surface area contributed by atoms with Gasteiger partial charge in [-0.2, -0.15) is 0 Å². The molecule has 23 aromatic rings. The van der Waals surface area contributed by atoms with E-state index >= 15 is 0 Å². The minimum Gasteiger partial charge on any atom is -0.507 e. The molecule has 134 heavy (non-hydrogen) atoms. The molecule has 4 N–H and O–H groups in total. The lowest BCUT2D eigenvalue weighted by molar-refractivity contribution is 0.338. The number of hydrogen-bond acceptors (Lipinski definition) is 21. The Labute approximate surface area is 790 Å². The molecule has 0 bridgehead atoms. The number of benzene rings is 19. The highest BCUT2D eigenvalue weighted by molar-refractivity contribution is 8.00. The smallest absolute Gasteiger partial charge is 0.191 e. The van der Waals surface area contributed by atoms with E-state index in [1.807, 2.05) is 67.6 Å². The van der Waals surface area contributed by atoms with Crippen LogP contribution in [0.15, 0.2) is 342 Å². The van der Waals surface area contributed by atoms with Crippen LogP contribution in [0.2, 0.25) is 0 Å². The van der Waals surface area contributed by atoms with Crippen LogP contribution in [-0.2, 0) is 0 Å². The third kappa shape index (κ3) is 17.5. The Morgan fingerprint density at radius 2 is 0.522 bits per heavy atom. The summed E-state index contributed by atoms with van der Waals surface area (Å²) in [5.74, 6) is 6.28. The highest BCUT2D eigenvalue weighted by atomic mass is 32.2. The van der Waals surface area contributed by atoms with Crippen molar-refractivity contribution in [1.29, 1.82) is 0 Å². The summed E-state index contributed by atoms with van der Waals surface area (Å²) in [6, 6.07) is 108. The first-order valence-electron chi connectivity index (χ1n) is 44.5. The standard InChI is InChI=1S/C30H23N3OS.C29H23N3O2S.C28H21N3OS.C26H21N3OS/c1-18(2)35-30-32-28(24-13-7-8-14-27(24)34)31-29(33-30)26-17-25-20-10-4-3-9-19(20)15-16-23(25)21-11-5-6-12-22(21)26;1-3-34-20-12-15-23(24(33)16-20)28-30-27(31-29(32-28)35-4-2)22-14-11-19-9-8-17-6-5-7-18-10-13-21(22)26(19)25(17)18;1-16(2)33-28-30-26(29-27(31-28)22-8-3-4-9-23(22)32)21-15-13-19-11-10-17-6-5-7-18-12-14-20(21)25(19)24(17)18;1-16(2)31-26-28-24(21-13-7-8-14-23(21)30)27-25(29-26)22-15-17-9-3-4-10-18(17)19-11-5-6-12-20(19)22/h3-18,34H,1-2H3;5-16,33H,3-4H2,1-2H3;3-16,32H,1-2H3;3-16,30H,1-2H3. The molecule has 19 aromatic carbocycles. The molecule has 0 radical (unpaired) electrons. The molecule has 0 amide bonds. The van der Waals surface area contributed by atoms with E-state index in [0.717, 1.165) is 65.7 Å². The third-order valence-corrected chi connectivity index (χ3v) is 26.6. The van der Waals surface area contributed by atoms with Crippen molar-refractivity contribution in [2.24, 2.45) is 0 Å². The lowest BCUT2D eigenvalue weighted by Crippen LogP contribution is -2.01. The number of phenolic OH excluding ortho intramolecular Hbond substituents is 4. The second-order valence-electron chi connectivity index (χ2n) is 33.1. The third-order valence-electron chi connectivity index (χ3n) is 23.3. The van der Waals surface area contributed by atoms with E-state index in [2.05, 4.69) is 276 Å². The maximum Gasteiger partial charge on any atom is 0.191 e. The molecule has 654 valence electrons. The van der Waals surface area contributed by atoms with Gasteiger partial charge in [0.05, 0.1) is 28.9 Å². The van der Waals surface area contributed by atoms with E-state index in [-0.39, 0.29) is 23.0 Å². The van der Waals surface area contributed by atoms with Crippen LogP contribution in [0, 0.1) is 0 Å². The number of fused-ring (bicyclic) bond motifs is 8. The predicted molar refractivity (Wildman–Crippen MR) is 555 cm³/mol. The molecule has 0 aliphatic heterocycles. The average Bonchev–Trinajstić information content (AvgIpc) is 0.711. The summed E-state index contributed by atoms with van der Waals surface area (Å²) in [5.41, 5.74) is 6.16. The van der Waals surface area contributed by atoms with Crippen molar-refractivity contribution in [3.05, 3.63) is 322 Å². The van der Waals surface area contributed by atoms with Gasteiger partial charge in [-0.3, -0.25) is 0 Å². The fraction of sp³-hybridized carbons (Fsp3) is 0.115. The largest absolute Gasteiger partial charge is 0.507 e. The lowest BCUT2D eigenvalue weighted by atomic mass is 9.92. The number of rotatable bonds is 18. The first kappa shape index (κ1) is 87.0. The summed E-state index contributed by atoms with van der Waals surface area (Å²) in [5, 5.41) is 71.7. The summed E-state index contributed by atoms with van der Waals surface area (Å²) < 4.78 is 5.52. The Bertz CT molecular complexity index is 8410. The zero-order valence-electron chi connectivity index (χ0n) is 74.4. The second kappa shape index (κ2) is 37.7. The van der Waals surface area contributed by atoms with Gasteiger partial charge in [-0.1, -0.05) is 338 Å². The lowest BCUT2D eigenvalue weighted by Gasteiger charge is -2.14. The zero-order chi connectivity index (χ0) is 91.8. The van der Waals surface area contributed by atoms with Gasteiger partial charge in [0, 0.05) is 44.1 Å². The number of phenols is 4. The molecule has 0 fully saturated rings. The molecule has 4 heterocycles. The van der Waals surface area contributed by atoms with E-state index in [9.17, 15) is 20.4 Å². The Morgan fingerprint density at radius 3 is 0.940 bits per heavy atom. The zero-order valence-corrected chi connectivity index (χ0v) is 77.7. The molecule has 17 nitrogen and oxygen atoms in total. The molecule has 21 heteroatoms. The van der Waals surface area contributed by atoms with Crippen LogP contribution in [0.4, 0.5) is 0 Å². The Morgan fingerprint density at radius 1 is 0.224 bits per heavy atom. The van der Waals surface area contributed by atoms with Gasteiger partial charge in [0.1, 0.15) is 28.7 Å². The van der Waals surface area contributed by atoms with E-state index < -0.39 is 0 Å². The molecule has 0 unspecified atom stereocenters. The van der Waals surface area contributed by atoms with Gasteiger partial charge in [-0.15, -0.1) is 0 Å². The van der Waals surface area contributed by atoms with Crippen LogP contribution < -0.4 is 4.74 Å². The maximum absolute atomic E-state index is 10.7. The minimum atomic E-state index is 0.0796. The van der Waals surface area contributed by atoms with Crippen molar-refractivity contribution < 1.29 is 25.2 Å². The van der Waals surface area contributed by atoms with Crippen LogP contribution >= 0.6 is 47.0 Å². The van der Waals surface area contributed by atoms with Gasteiger partial charge >= 0.3 is 0 Å². The van der Waals surface area contributed by atoms with Gasteiger partial charge in [-0.25, -0.2) is 59.8 Å². The van der Waals surface area contributed by atoms with Crippen LogP contribution in [-0.4, -0.2) is 108 Å². The highest BCUT2D eigenvalue weighted by Gasteiger charge is 2.25. The molecule has 0 saturated heterocycles. The van der Waals surface area contributed by atoms with E-state index in [1.165, 1.54) is 80.8 Å². The Hall–Kier alpha value is -15.0. The number of thioether (sulfide) groups is 4. The van der Waals surface area contributed by atoms with Gasteiger partial charge < -0.3 is 25.2 Å². The Balaban J connectivity index is 0.000000111. The van der Waals surface area contributed by atoms with E-state index in [4.69, 9.17) is 49.6 Å². The van der Waals surface area contributed by atoms with Gasteiger partial charge in [-0.05, 0) is 204 Å². The summed E-state index contributed by atoms with van der Waals surface area (Å²) in [7, 11) is 0. The molecule has 23 rings (SSSR count). The van der Waals surface area contributed by atoms with Crippen molar-refractivity contribution in [2.75, 3.05) is 12.4 Å². The van der Waals surface area contributed by atoms with Crippen LogP contribution in [0.25, 0.3) is 210 Å². The van der Waals surface area contributed by atoms with Crippen molar-refractivity contribution in [3.8, 4) is 120 Å². The summed E-state index contributed by atoms with van der Waals surface area (Å²) >= 11 is 6.32. The second-order valence-corrected chi connectivity index (χ2v) is 39.0. The van der Waals surface area contributed by atoms with Crippen molar-refractivity contribution >= 4 is 166 Å². The highest BCUT2D eigenvalue weighted by Crippen LogP contribution is 2.46. The first-order chi connectivity index (χ1) is 65.4. The van der Waals surface area contributed by atoms with Crippen molar-refractivity contribution in [3.63, 3.8) is 0 Å². The van der Waals surface area contributed by atoms with Gasteiger partial charge in [0.2, 0.25) is 0 Å². The fourth-order valence-electron chi connectivity index (χ4n) is 17.5. The first-order valence-corrected chi connectivity index (χ1v) is 48.1. The topological polar surface area (TPSA) is 245 Å². The van der Waals surface area contributed by atoms with Crippen molar-refractivity contribution in [2.45, 2.75) is 91.8 Å². The van der Waals surface area contributed by atoms with Crippen LogP contribution in [0.3, 0.4) is 0 Å².